The van der Waals surface area contributed by atoms with E-state index in [0.29, 0.717) is 6.04 Å². The first-order valence-corrected chi connectivity index (χ1v) is 5.43. The minimum Gasteiger partial charge on any atom is -0.392 e. The van der Waals surface area contributed by atoms with Gasteiger partial charge in [-0.05, 0) is 37.5 Å². The Morgan fingerprint density at radius 3 is 2.73 bits per heavy atom. The second-order valence-electron chi connectivity index (χ2n) is 3.97. The van der Waals surface area contributed by atoms with Crippen LogP contribution < -0.4 is 5.06 Å². The number of hydrogen-bond acceptors (Lipinski definition) is 3. The average molecular weight is 207 g/mol. The molecule has 1 aromatic rings. The number of anilines is 1. The predicted molar refractivity (Wildman–Crippen MR) is 59.5 cm³/mol. The molecule has 0 aliphatic carbocycles. The second-order valence-corrected chi connectivity index (χ2v) is 3.97. The molecule has 1 saturated heterocycles. The van der Waals surface area contributed by atoms with Crippen LogP contribution in [-0.2, 0) is 11.4 Å². The number of nitrogens with zero attached hydrogens (tertiary/aromatic N) is 1. The van der Waals surface area contributed by atoms with Crippen LogP contribution in [0.4, 0.5) is 5.69 Å². The van der Waals surface area contributed by atoms with Crippen LogP contribution in [0.15, 0.2) is 24.3 Å². The van der Waals surface area contributed by atoms with Crippen LogP contribution in [0.2, 0.25) is 0 Å². The molecule has 1 N–H and O–H groups in total. The Hall–Kier alpha value is -1.06. The Kier molecular flexibility index (Phi) is 3.23. The van der Waals surface area contributed by atoms with E-state index in [1.165, 1.54) is 6.42 Å². The van der Waals surface area contributed by atoms with E-state index >= 15 is 0 Å². The molecule has 0 spiro atoms. The molecule has 1 unspecified atom stereocenters. The summed E-state index contributed by atoms with van der Waals surface area (Å²) in [6.45, 7) is 3.06. The molecule has 0 aromatic heterocycles. The minimum absolute atomic E-state index is 0.0939. The highest BCUT2D eigenvalue weighted by atomic mass is 16.7. The van der Waals surface area contributed by atoms with Gasteiger partial charge in [-0.1, -0.05) is 12.1 Å². The van der Waals surface area contributed by atoms with Gasteiger partial charge in [0.05, 0.1) is 24.9 Å². The zero-order chi connectivity index (χ0) is 10.7. The molecular weight excluding hydrogens is 190 g/mol. The first-order chi connectivity index (χ1) is 7.31. The van der Waals surface area contributed by atoms with Crippen molar-refractivity contribution in [2.45, 2.75) is 32.4 Å². The third kappa shape index (κ3) is 2.30. The van der Waals surface area contributed by atoms with Gasteiger partial charge in [0.2, 0.25) is 0 Å². The van der Waals surface area contributed by atoms with Crippen molar-refractivity contribution in [1.29, 1.82) is 0 Å². The topological polar surface area (TPSA) is 32.7 Å². The lowest BCUT2D eigenvalue weighted by Gasteiger charge is -2.34. The normalized spacial score (nSPS) is 21.7. The molecule has 1 fully saturated rings. The van der Waals surface area contributed by atoms with Crippen LogP contribution >= 0.6 is 0 Å². The van der Waals surface area contributed by atoms with Gasteiger partial charge in [0.25, 0.3) is 0 Å². The van der Waals surface area contributed by atoms with E-state index in [4.69, 9.17) is 9.94 Å². The summed E-state index contributed by atoms with van der Waals surface area (Å²) >= 11 is 0. The lowest BCUT2D eigenvalue weighted by atomic mass is 10.1. The van der Waals surface area contributed by atoms with Gasteiger partial charge in [0, 0.05) is 0 Å². The first kappa shape index (κ1) is 10.5. The zero-order valence-electron chi connectivity index (χ0n) is 9.02. The highest BCUT2D eigenvalue weighted by Crippen LogP contribution is 2.23. The van der Waals surface area contributed by atoms with Gasteiger partial charge in [-0.15, -0.1) is 0 Å². The molecule has 0 amide bonds. The third-order valence-electron chi connectivity index (χ3n) is 2.77. The summed E-state index contributed by atoms with van der Waals surface area (Å²) in [7, 11) is 0. The van der Waals surface area contributed by atoms with Gasteiger partial charge in [0.1, 0.15) is 0 Å². The summed E-state index contributed by atoms with van der Waals surface area (Å²) in [6.07, 6.45) is 2.30. The third-order valence-corrected chi connectivity index (χ3v) is 2.77. The summed E-state index contributed by atoms with van der Waals surface area (Å²) in [4.78, 5) is 5.62. The van der Waals surface area contributed by atoms with Crippen LogP contribution in [0, 0.1) is 0 Å². The molecule has 15 heavy (non-hydrogen) atoms. The molecule has 82 valence electrons. The van der Waals surface area contributed by atoms with Crippen LogP contribution in [0.25, 0.3) is 0 Å². The maximum atomic E-state index is 8.95. The Bertz CT molecular complexity index is 310. The van der Waals surface area contributed by atoms with Crippen molar-refractivity contribution < 1.29 is 9.94 Å². The van der Waals surface area contributed by atoms with Gasteiger partial charge in [-0.3, -0.25) is 9.90 Å². The summed E-state index contributed by atoms with van der Waals surface area (Å²) in [5, 5.41) is 10.9. The summed E-state index contributed by atoms with van der Waals surface area (Å²) in [5.74, 6) is 0. The van der Waals surface area contributed by atoms with E-state index in [2.05, 4.69) is 6.92 Å². The smallest absolute Gasteiger partial charge is 0.0749 e. The fourth-order valence-electron chi connectivity index (χ4n) is 1.86. The summed E-state index contributed by atoms with van der Waals surface area (Å²) in [6, 6.07) is 8.28. The molecule has 1 aromatic carbocycles. The Labute approximate surface area is 90.2 Å². The van der Waals surface area contributed by atoms with Crippen molar-refractivity contribution in [3.05, 3.63) is 29.8 Å². The van der Waals surface area contributed by atoms with Crippen molar-refractivity contribution >= 4 is 5.69 Å². The summed E-state index contributed by atoms with van der Waals surface area (Å²) < 4.78 is 0. The lowest BCUT2D eigenvalue weighted by Crippen LogP contribution is -2.37. The van der Waals surface area contributed by atoms with E-state index in [1.807, 2.05) is 29.3 Å². The molecule has 2 rings (SSSR count). The number of aliphatic hydroxyl groups excluding tert-OH is 1. The number of hydrogen-bond donors (Lipinski definition) is 1. The number of rotatable bonds is 2. The number of aliphatic hydroxyl groups is 1. The molecule has 3 nitrogen and oxygen atoms in total. The van der Waals surface area contributed by atoms with Gasteiger partial charge >= 0.3 is 0 Å². The fourth-order valence-corrected chi connectivity index (χ4v) is 1.86. The maximum Gasteiger partial charge on any atom is 0.0749 e. The molecule has 1 aliphatic heterocycles. The molecule has 0 bridgehead atoms. The Balaban J connectivity index is 2.13. The van der Waals surface area contributed by atoms with Crippen molar-refractivity contribution in [3.63, 3.8) is 0 Å². The van der Waals surface area contributed by atoms with Gasteiger partial charge < -0.3 is 5.11 Å². The Morgan fingerprint density at radius 2 is 2.13 bits per heavy atom. The highest BCUT2D eigenvalue weighted by molar-refractivity contribution is 5.46. The molecule has 1 atom stereocenters. The van der Waals surface area contributed by atoms with Gasteiger partial charge in [-0.25, -0.2) is 0 Å². The monoisotopic (exact) mass is 207 g/mol. The van der Waals surface area contributed by atoms with Gasteiger partial charge in [0.15, 0.2) is 0 Å². The van der Waals surface area contributed by atoms with Crippen LogP contribution in [0.3, 0.4) is 0 Å². The van der Waals surface area contributed by atoms with E-state index in [1.54, 1.807) is 0 Å². The standard InChI is InChI=1S/C12H17NO2/c1-10-3-2-8-15-13(10)12-6-4-11(9-14)5-7-12/h4-7,10,14H,2-3,8-9H2,1H3. The SMILES string of the molecule is CC1CCCON1c1ccc(CO)cc1. The van der Waals surface area contributed by atoms with Crippen molar-refractivity contribution in [2.24, 2.45) is 0 Å². The molecule has 1 heterocycles. The maximum absolute atomic E-state index is 8.95. The van der Waals surface area contributed by atoms with E-state index in [0.717, 1.165) is 24.3 Å². The van der Waals surface area contributed by atoms with Crippen molar-refractivity contribution in [2.75, 3.05) is 11.7 Å². The van der Waals surface area contributed by atoms with Gasteiger partial charge in [-0.2, -0.15) is 0 Å². The quantitative estimate of drug-likeness (QED) is 0.806. The second kappa shape index (κ2) is 4.64. The number of benzene rings is 1. The predicted octanol–water partition coefficient (Wildman–Crippen LogP) is 2.10. The molecule has 0 saturated carbocycles. The molecule has 1 aliphatic rings. The van der Waals surface area contributed by atoms with E-state index in [9.17, 15) is 0 Å². The van der Waals surface area contributed by atoms with E-state index < -0.39 is 0 Å². The first-order valence-electron chi connectivity index (χ1n) is 5.43. The average Bonchev–Trinajstić information content (AvgIpc) is 2.30. The van der Waals surface area contributed by atoms with Crippen LogP contribution in [0.5, 0.6) is 0 Å². The van der Waals surface area contributed by atoms with Crippen LogP contribution in [0.1, 0.15) is 25.3 Å². The van der Waals surface area contributed by atoms with E-state index in [-0.39, 0.29) is 6.61 Å². The lowest BCUT2D eigenvalue weighted by molar-refractivity contribution is 0.0533. The number of hydroxylamine groups is 1. The zero-order valence-corrected chi connectivity index (χ0v) is 9.02. The largest absolute Gasteiger partial charge is 0.392 e. The molecule has 3 heteroatoms. The Morgan fingerprint density at radius 1 is 1.40 bits per heavy atom. The molecule has 0 radical (unpaired) electrons. The molecular formula is C12H17NO2. The van der Waals surface area contributed by atoms with Crippen molar-refractivity contribution in [1.82, 2.24) is 0 Å². The fraction of sp³-hybridized carbons (Fsp3) is 0.500. The van der Waals surface area contributed by atoms with Crippen molar-refractivity contribution in [3.8, 4) is 0 Å². The summed E-state index contributed by atoms with van der Waals surface area (Å²) in [5.41, 5.74) is 2.00. The van der Waals surface area contributed by atoms with Crippen LogP contribution in [-0.4, -0.2) is 17.8 Å². The highest BCUT2D eigenvalue weighted by Gasteiger charge is 2.19. The minimum atomic E-state index is 0.0939.